The van der Waals surface area contributed by atoms with Crippen LogP contribution in [-0.4, -0.2) is 0 Å². The summed E-state index contributed by atoms with van der Waals surface area (Å²) in [6.07, 6.45) is 51.5. The standard InChI is InChI=1S/C36H70/c1-3-5-7-9-11-13-15-17-19-21-23-25-27-29-31-33-35-36-34-32-30-28-26-24-22-20-18-16-14-12-10-8-6-4-2/h3,5,7H,1,4,6,8-36H2,2H3/b7-5+. The van der Waals surface area contributed by atoms with Gasteiger partial charge in [-0.3, -0.25) is 0 Å². The molecule has 0 saturated heterocycles. The average Bonchev–Trinajstić information content (AvgIpc) is 2.89. The average molecular weight is 503 g/mol. The highest BCUT2D eigenvalue weighted by Crippen LogP contribution is 2.16. The Balaban J connectivity index is 3.02. The SMILES string of the molecule is C=C/C=C/CCCCCCCCCCCCCCCCCCCCCCCCCCCCCCCC. The van der Waals surface area contributed by atoms with Gasteiger partial charge in [0.05, 0.1) is 0 Å². The summed E-state index contributed by atoms with van der Waals surface area (Å²) < 4.78 is 0. The van der Waals surface area contributed by atoms with Gasteiger partial charge in [0.2, 0.25) is 0 Å². The van der Waals surface area contributed by atoms with Gasteiger partial charge in [-0.15, -0.1) is 0 Å². The summed E-state index contributed by atoms with van der Waals surface area (Å²) in [6.45, 7) is 6.02. The largest absolute Gasteiger partial charge is 0.0991 e. The molecule has 0 amide bonds. The van der Waals surface area contributed by atoms with E-state index < -0.39 is 0 Å². The maximum Gasteiger partial charge on any atom is -0.0348 e. The minimum atomic E-state index is 1.23. The lowest BCUT2D eigenvalue weighted by atomic mass is 10.0. The highest BCUT2D eigenvalue weighted by atomic mass is 14.0. The van der Waals surface area contributed by atoms with Gasteiger partial charge in [0, 0.05) is 0 Å². The van der Waals surface area contributed by atoms with Crippen molar-refractivity contribution in [2.24, 2.45) is 0 Å². The first kappa shape index (κ1) is 35.5. The van der Waals surface area contributed by atoms with Gasteiger partial charge in [-0.1, -0.05) is 218 Å². The molecule has 0 saturated carbocycles. The summed E-state index contributed by atoms with van der Waals surface area (Å²) in [6, 6.07) is 0. The monoisotopic (exact) mass is 503 g/mol. The van der Waals surface area contributed by atoms with E-state index in [1.165, 1.54) is 199 Å². The molecule has 0 N–H and O–H groups in total. The van der Waals surface area contributed by atoms with Gasteiger partial charge in [0.15, 0.2) is 0 Å². The van der Waals surface area contributed by atoms with Gasteiger partial charge in [0.25, 0.3) is 0 Å². The first-order chi connectivity index (χ1) is 17.9. The second kappa shape index (κ2) is 34.5. The Morgan fingerprint density at radius 3 is 0.778 bits per heavy atom. The Bertz CT molecular complexity index is 406. The van der Waals surface area contributed by atoms with Crippen LogP contribution in [-0.2, 0) is 0 Å². The van der Waals surface area contributed by atoms with Crippen LogP contribution in [0.4, 0.5) is 0 Å². The van der Waals surface area contributed by atoms with Crippen LogP contribution in [0.1, 0.15) is 206 Å². The molecule has 0 atom stereocenters. The van der Waals surface area contributed by atoms with E-state index in [1.807, 2.05) is 6.08 Å². The van der Waals surface area contributed by atoms with E-state index in [1.54, 1.807) is 0 Å². The van der Waals surface area contributed by atoms with E-state index in [4.69, 9.17) is 0 Å². The second-order valence-electron chi connectivity index (χ2n) is 11.7. The van der Waals surface area contributed by atoms with Gasteiger partial charge in [-0.05, 0) is 12.8 Å². The number of rotatable bonds is 32. The molecular weight excluding hydrogens is 432 g/mol. The van der Waals surface area contributed by atoms with Crippen LogP contribution in [0.3, 0.4) is 0 Å². The predicted octanol–water partition coefficient (Wildman–Crippen LogP) is 13.8. The van der Waals surface area contributed by atoms with Crippen molar-refractivity contribution in [3.05, 3.63) is 24.8 Å². The summed E-state index contributed by atoms with van der Waals surface area (Å²) in [5.74, 6) is 0. The zero-order valence-corrected chi connectivity index (χ0v) is 25.4. The molecule has 0 aliphatic heterocycles. The van der Waals surface area contributed by atoms with Crippen molar-refractivity contribution in [2.45, 2.75) is 206 Å². The Morgan fingerprint density at radius 1 is 0.333 bits per heavy atom. The summed E-state index contributed by atoms with van der Waals surface area (Å²) in [7, 11) is 0. The molecular formula is C36H70. The molecule has 0 unspecified atom stereocenters. The smallest absolute Gasteiger partial charge is 0.0348 e. The number of hydrogen-bond donors (Lipinski definition) is 0. The lowest BCUT2D eigenvalue weighted by Crippen LogP contribution is -1.85. The second-order valence-corrected chi connectivity index (χ2v) is 11.7. The summed E-state index contributed by atoms with van der Waals surface area (Å²) in [4.78, 5) is 0. The molecule has 0 heteroatoms. The Kier molecular flexibility index (Phi) is 34.0. The molecule has 0 spiro atoms. The molecule has 0 aromatic heterocycles. The summed E-state index contributed by atoms with van der Waals surface area (Å²) in [5.41, 5.74) is 0. The van der Waals surface area contributed by atoms with Gasteiger partial charge in [0.1, 0.15) is 0 Å². The van der Waals surface area contributed by atoms with E-state index in [0.717, 1.165) is 0 Å². The molecule has 0 radical (unpaired) electrons. The minimum Gasteiger partial charge on any atom is -0.0991 e. The zero-order chi connectivity index (χ0) is 26.0. The van der Waals surface area contributed by atoms with E-state index in [2.05, 4.69) is 25.7 Å². The Hall–Kier alpha value is -0.520. The predicted molar refractivity (Wildman–Crippen MR) is 168 cm³/mol. The lowest BCUT2D eigenvalue weighted by Gasteiger charge is -2.04. The normalized spacial score (nSPS) is 11.6. The maximum atomic E-state index is 3.71. The Morgan fingerprint density at radius 2 is 0.556 bits per heavy atom. The molecule has 0 aliphatic rings. The third kappa shape index (κ3) is 33.5. The van der Waals surface area contributed by atoms with E-state index in [9.17, 15) is 0 Å². The van der Waals surface area contributed by atoms with Crippen LogP contribution in [0.15, 0.2) is 24.8 Å². The van der Waals surface area contributed by atoms with Gasteiger partial charge in [-0.2, -0.15) is 0 Å². The zero-order valence-electron chi connectivity index (χ0n) is 25.4. The molecule has 0 bridgehead atoms. The summed E-state index contributed by atoms with van der Waals surface area (Å²) >= 11 is 0. The van der Waals surface area contributed by atoms with Crippen molar-refractivity contribution < 1.29 is 0 Å². The fourth-order valence-electron chi connectivity index (χ4n) is 5.48. The quantitative estimate of drug-likeness (QED) is 0.0633. The number of hydrogen-bond acceptors (Lipinski definition) is 0. The van der Waals surface area contributed by atoms with Crippen molar-refractivity contribution in [1.29, 1.82) is 0 Å². The molecule has 0 aromatic carbocycles. The van der Waals surface area contributed by atoms with E-state index >= 15 is 0 Å². The molecule has 0 heterocycles. The minimum absolute atomic E-state index is 1.23. The molecule has 0 aromatic rings. The van der Waals surface area contributed by atoms with Crippen molar-refractivity contribution in [3.8, 4) is 0 Å². The van der Waals surface area contributed by atoms with E-state index in [0.29, 0.717) is 0 Å². The summed E-state index contributed by atoms with van der Waals surface area (Å²) in [5, 5.41) is 0. The maximum absolute atomic E-state index is 3.71. The molecule has 0 fully saturated rings. The van der Waals surface area contributed by atoms with Gasteiger partial charge < -0.3 is 0 Å². The fraction of sp³-hybridized carbons (Fsp3) is 0.889. The first-order valence-corrected chi connectivity index (χ1v) is 17.2. The van der Waals surface area contributed by atoms with Crippen LogP contribution >= 0.6 is 0 Å². The highest BCUT2D eigenvalue weighted by molar-refractivity contribution is 4.96. The highest BCUT2D eigenvalue weighted by Gasteiger charge is 1.96. The van der Waals surface area contributed by atoms with Crippen molar-refractivity contribution in [1.82, 2.24) is 0 Å². The molecule has 36 heavy (non-hydrogen) atoms. The van der Waals surface area contributed by atoms with Crippen LogP contribution < -0.4 is 0 Å². The number of unbranched alkanes of at least 4 members (excludes halogenated alkanes) is 30. The first-order valence-electron chi connectivity index (χ1n) is 17.2. The third-order valence-corrected chi connectivity index (χ3v) is 8.00. The molecule has 214 valence electrons. The van der Waals surface area contributed by atoms with Gasteiger partial charge >= 0.3 is 0 Å². The third-order valence-electron chi connectivity index (χ3n) is 8.00. The topological polar surface area (TPSA) is 0 Å². The van der Waals surface area contributed by atoms with Gasteiger partial charge in [-0.25, -0.2) is 0 Å². The van der Waals surface area contributed by atoms with Crippen LogP contribution in [0.2, 0.25) is 0 Å². The molecule has 0 aliphatic carbocycles. The van der Waals surface area contributed by atoms with Crippen LogP contribution in [0.25, 0.3) is 0 Å². The van der Waals surface area contributed by atoms with Crippen molar-refractivity contribution in [2.75, 3.05) is 0 Å². The number of allylic oxidation sites excluding steroid dienone is 3. The fourth-order valence-corrected chi connectivity index (χ4v) is 5.48. The van der Waals surface area contributed by atoms with Crippen molar-refractivity contribution in [3.63, 3.8) is 0 Å². The van der Waals surface area contributed by atoms with Crippen LogP contribution in [0.5, 0.6) is 0 Å². The lowest BCUT2D eigenvalue weighted by molar-refractivity contribution is 0.513. The van der Waals surface area contributed by atoms with E-state index in [-0.39, 0.29) is 0 Å². The molecule has 0 nitrogen and oxygen atoms in total. The van der Waals surface area contributed by atoms with Crippen LogP contribution in [0, 0.1) is 0 Å². The van der Waals surface area contributed by atoms with Crippen molar-refractivity contribution >= 4 is 0 Å². The molecule has 0 rings (SSSR count). The Labute approximate surface area is 230 Å².